The minimum atomic E-state index is -3.94. The number of benzene rings is 2. The number of hydrogen-bond donors (Lipinski definition) is 1. The number of sulfonamides is 2. The lowest BCUT2D eigenvalue weighted by atomic mass is 10.2. The molecule has 0 amide bonds. The Morgan fingerprint density at radius 3 is 2.38 bits per heavy atom. The second-order valence-corrected chi connectivity index (χ2v) is 11.6. The van der Waals surface area contributed by atoms with E-state index in [0.717, 1.165) is 11.3 Å². The average molecular weight is 492 g/mol. The highest BCUT2D eigenvalue weighted by atomic mass is 32.2. The maximum Gasteiger partial charge on any atom is 0.293 e. The molecule has 168 valence electrons. The van der Waals surface area contributed by atoms with Gasteiger partial charge in [-0.1, -0.05) is 42.5 Å². The maximum atomic E-state index is 13.0. The van der Waals surface area contributed by atoms with E-state index in [0.29, 0.717) is 24.5 Å². The SMILES string of the molecule is O=S(=O)(N=C(Nc1cccc(S(=O)(=O)N2CCOCC2)c1)c1ccccc1)c1cccs1. The average Bonchev–Trinajstić information content (AvgIpc) is 3.36. The summed E-state index contributed by atoms with van der Waals surface area (Å²) < 4.78 is 62.3. The van der Waals surface area contributed by atoms with Crippen LogP contribution in [-0.4, -0.2) is 53.3 Å². The second kappa shape index (κ2) is 9.51. The molecule has 0 bridgehead atoms. The zero-order chi connectivity index (χ0) is 22.6. The first kappa shape index (κ1) is 22.6. The van der Waals surface area contributed by atoms with Gasteiger partial charge in [0.1, 0.15) is 4.21 Å². The Labute approximate surface area is 191 Å². The molecule has 2 heterocycles. The molecule has 1 saturated heterocycles. The van der Waals surface area contributed by atoms with Crippen molar-refractivity contribution in [2.45, 2.75) is 9.10 Å². The fourth-order valence-corrected chi connectivity index (χ4v) is 6.53. The molecule has 0 unspecified atom stereocenters. The smallest absolute Gasteiger partial charge is 0.293 e. The lowest BCUT2D eigenvalue weighted by Gasteiger charge is -2.26. The van der Waals surface area contributed by atoms with Crippen molar-refractivity contribution >= 4 is 42.9 Å². The van der Waals surface area contributed by atoms with Crippen LogP contribution < -0.4 is 5.32 Å². The first-order chi connectivity index (χ1) is 15.4. The predicted octanol–water partition coefficient (Wildman–Crippen LogP) is 3.02. The molecule has 11 heteroatoms. The van der Waals surface area contributed by atoms with Gasteiger partial charge >= 0.3 is 0 Å². The summed E-state index contributed by atoms with van der Waals surface area (Å²) >= 11 is 1.08. The summed E-state index contributed by atoms with van der Waals surface area (Å²) in [6, 6.07) is 18.2. The van der Waals surface area contributed by atoms with Crippen LogP contribution in [-0.2, 0) is 24.8 Å². The minimum Gasteiger partial charge on any atom is -0.379 e. The number of nitrogens with one attached hydrogen (secondary N) is 1. The van der Waals surface area contributed by atoms with E-state index in [1.807, 2.05) is 6.07 Å². The third kappa shape index (κ3) is 5.08. The van der Waals surface area contributed by atoms with Crippen molar-refractivity contribution in [3.63, 3.8) is 0 Å². The number of nitrogens with zero attached hydrogens (tertiary/aromatic N) is 2. The van der Waals surface area contributed by atoms with Crippen molar-refractivity contribution < 1.29 is 21.6 Å². The van der Waals surface area contributed by atoms with Gasteiger partial charge in [-0.25, -0.2) is 8.42 Å². The first-order valence-electron chi connectivity index (χ1n) is 9.75. The van der Waals surface area contributed by atoms with E-state index < -0.39 is 20.0 Å². The van der Waals surface area contributed by atoms with E-state index >= 15 is 0 Å². The topological polar surface area (TPSA) is 105 Å². The molecule has 0 saturated carbocycles. The van der Waals surface area contributed by atoms with Gasteiger partial charge in [-0.3, -0.25) is 0 Å². The third-order valence-electron chi connectivity index (χ3n) is 4.71. The third-order valence-corrected chi connectivity index (χ3v) is 9.26. The van der Waals surface area contributed by atoms with Gasteiger partial charge in [-0.15, -0.1) is 15.7 Å². The Bertz CT molecular complexity index is 1300. The Morgan fingerprint density at radius 2 is 1.69 bits per heavy atom. The molecular weight excluding hydrogens is 470 g/mol. The van der Waals surface area contributed by atoms with Gasteiger partial charge < -0.3 is 10.1 Å². The van der Waals surface area contributed by atoms with E-state index in [1.54, 1.807) is 47.8 Å². The number of hydrogen-bond acceptors (Lipinski definition) is 6. The Balaban J connectivity index is 1.69. The summed E-state index contributed by atoms with van der Waals surface area (Å²) in [4.78, 5) is 0.109. The van der Waals surface area contributed by atoms with Crippen LogP contribution in [0.25, 0.3) is 0 Å². The normalized spacial score (nSPS) is 16.1. The van der Waals surface area contributed by atoms with Crippen LogP contribution in [0, 0.1) is 0 Å². The molecule has 1 fully saturated rings. The number of ether oxygens (including phenoxy) is 1. The minimum absolute atomic E-state index is 0.0971. The van der Waals surface area contributed by atoms with E-state index in [-0.39, 0.29) is 28.0 Å². The molecule has 0 atom stereocenters. The molecule has 1 N–H and O–H groups in total. The van der Waals surface area contributed by atoms with Crippen molar-refractivity contribution in [1.29, 1.82) is 0 Å². The van der Waals surface area contributed by atoms with E-state index in [1.165, 1.54) is 22.5 Å². The van der Waals surface area contributed by atoms with Gasteiger partial charge in [0.25, 0.3) is 10.0 Å². The standard InChI is InChI=1S/C21H21N3O5S3/c25-31(26,20-10-5-15-30-20)23-21(17-6-2-1-3-7-17)22-18-8-4-9-19(16-18)32(27,28)24-11-13-29-14-12-24/h1-10,15-16H,11-14H2,(H,22,23). The maximum absolute atomic E-state index is 13.0. The molecule has 4 rings (SSSR count). The zero-order valence-corrected chi connectivity index (χ0v) is 19.4. The van der Waals surface area contributed by atoms with Crippen molar-refractivity contribution in [2.75, 3.05) is 31.6 Å². The summed E-state index contributed by atoms with van der Waals surface area (Å²) in [5, 5.41) is 4.66. The number of anilines is 1. The molecule has 0 radical (unpaired) electrons. The zero-order valence-electron chi connectivity index (χ0n) is 16.9. The highest BCUT2D eigenvalue weighted by Gasteiger charge is 2.26. The van der Waals surface area contributed by atoms with Crippen LogP contribution in [0.4, 0.5) is 5.69 Å². The van der Waals surface area contributed by atoms with Crippen LogP contribution >= 0.6 is 11.3 Å². The summed E-state index contributed by atoms with van der Waals surface area (Å²) in [5.74, 6) is 0.0971. The molecule has 1 aliphatic heterocycles. The predicted molar refractivity (Wildman–Crippen MR) is 124 cm³/mol. The number of morpholine rings is 1. The van der Waals surface area contributed by atoms with Crippen molar-refractivity contribution in [3.8, 4) is 0 Å². The van der Waals surface area contributed by atoms with Crippen LogP contribution in [0.15, 0.2) is 85.6 Å². The Morgan fingerprint density at radius 1 is 0.938 bits per heavy atom. The summed E-state index contributed by atoms with van der Waals surface area (Å²) in [6.45, 7) is 1.27. The van der Waals surface area contributed by atoms with Crippen molar-refractivity contribution in [2.24, 2.45) is 4.40 Å². The first-order valence-corrected chi connectivity index (χ1v) is 13.5. The lowest BCUT2D eigenvalue weighted by molar-refractivity contribution is 0.0730. The molecule has 0 aliphatic carbocycles. The number of thiophene rings is 1. The molecule has 32 heavy (non-hydrogen) atoms. The van der Waals surface area contributed by atoms with Crippen LogP contribution in [0.1, 0.15) is 5.56 Å². The van der Waals surface area contributed by atoms with Gasteiger partial charge in [-0.05, 0) is 29.6 Å². The Kier molecular flexibility index (Phi) is 6.72. The highest BCUT2D eigenvalue weighted by molar-refractivity contribution is 7.92. The van der Waals surface area contributed by atoms with Crippen LogP contribution in [0.5, 0.6) is 0 Å². The molecule has 3 aromatic rings. The number of rotatable bonds is 6. The quantitative estimate of drug-likeness (QED) is 0.420. The molecule has 1 aromatic heterocycles. The molecule has 2 aromatic carbocycles. The van der Waals surface area contributed by atoms with Crippen LogP contribution in [0.2, 0.25) is 0 Å². The van der Waals surface area contributed by atoms with Gasteiger partial charge in [0.05, 0.1) is 18.1 Å². The monoisotopic (exact) mass is 491 g/mol. The van der Waals surface area contributed by atoms with Gasteiger partial charge in [0, 0.05) is 24.3 Å². The molecule has 0 spiro atoms. The van der Waals surface area contributed by atoms with E-state index in [9.17, 15) is 16.8 Å². The summed E-state index contributed by atoms with van der Waals surface area (Å²) in [6.07, 6.45) is 0. The van der Waals surface area contributed by atoms with E-state index in [4.69, 9.17) is 4.74 Å². The fraction of sp³-hybridized carbons (Fsp3) is 0.190. The van der Waals surface area contributed by atoms with Gasteiger partial charge in [0.2, 0.25) is 10.0 Å². The number of amidine groups is 1. The highest BCUT2D eigenvalue weighted by Crippen LogP contribution is 2.23. The fourth-order valence-electron chi connectivity index (χ4n) is 3.13. The van der Waals surface area contributed by atoms with Crippen molar-refractivity contribution in [3.05, 3.63) is 77.7 Å². The van der Waals surface area contributed by atoms with Gasteiger partial charge in [-0.2, -0.15) is 12.7 Å². The molecule has 1 aliphatic rings. The largest absolute Gasteiger partial charge is 0.379 e. The summed E-state index contributed by atoms with van der Waals surface area (Å²) in [7, 11) is -7.64. The Hall–Kier alpha value is -2.57. The van der Waals surface area contributed by atoms with E-state index in [2.05, 4.69) is 9.71 Å². The lowest BCUT2D eigenvalue weighted by Crippen LogP contribution is -2.40. The van der Waals surface area contributed by atoms with Crippen molar-refractivity contribution in [1.82, 2.24) is 4.31 Å². The molecular formula is C21H21N3O5S3. The second-order valence-electron chi connectivity index (χ2n) is 6.88. The molecule has 8 nitrogen and oxygen atoms in total. The summed E-state index contributed by atoms with van der Waals surface area (Å²) in [5.41, 5.74) is 0.956. The van der Waals surface area contributed by atoms with Crippen LogP contribution in [0.3, 0.4) is 0 Å². The van der Waals surface area contributed by atoms with Gasteiger partial charge in [0.15, 0.2) is 5.84 Å².